The Labute approximate surface area is 121 Å². The van der Waals surface area contributed by atoms with Gasteiger partial charge in [0.1, 0.15) is 10.8 Å². The van der Waals surface area contributed by atoms with E-state index in [0.29, 0.717) is 25.3 Å². The molecule has 2 aromatic rings. The fourth-order valence-corrected chi connectivity index (χ4v) is 2.54. The number of rotatable bonds is 7. The van der Waals surface area contributed by atoms with Crippen LogP contribution in [0, 0.1) is 5.82 Å². The van der Waals surface area contributed by atoms with Crippen LogP contribution in [0.3, 0.4) is 0 Å². The lowest BCUT2D eigenvalue weighted by molar-refractivity contribution is 0.199. The van der Waals surface area contributed by atoms with Crippen LogP contribution >= 0.6 is 11.8 Å². The maximum absolute atomic E-state index is 13.9. The fraction of sp³-hybridized carbons (Fsp3) is 0.286. The summed E-state index contributed by atoms with van der Waals surface area (Å²) < 4.78 is 18.9. The zero-order valence-corrected chi connectivity index (χ0v) is 12.0. The van der Waals surface area contributed by atoms with Crippen LogP contribution < -0.4 is 5.32 Å². The molecular weight excluding hydrogens is 277 g/mol. The van der Waals surface area contributed by atoms with Crippen LogP contribution in [0.2, 0.25) is 0 Å². The zero-order chi connectivity index (χ0) is 14.2. The van der Waals surface area contributed by atoms with Gasteiger partial charge in [0, 0.05) is 43.1 Å². The van der Waals surface area contributed by atoms with E-state index in [9.17, 15) is 4.39 Å². The van der Waals surface area contributed by atoms with Crippen molar-refractivity contribution >= 4 is 11.8 Å². The molecule has 20 heavy (non-hydrogen) atoms. The number of hydrogen-bond donors (Lipinski definition) is 1. The largest absolute Gasteiger partial charge is 0.383 e. The highest BCUT2D eigenvalue weighted by atomic mass is 32.2. The van der Waals surface area contributed by atoms with Crippen molar-refractivity contribution in [2.45, 2.75) is 16.5 Å². The van der Waals surface area contributed by atoms with E-state index in [1.807, 2.05) is 6.07 Å². The summed E-state index contributed by atoms with van der Waals surface area (Å²) in [5, 5.41) is 3.90. The average molecular weight is 293 g/mol. The Morgan fingerprint density at radius 2 is 2.25 bits per heavy atom. The lowest BCUT2D eigenvalue weighted by Crippen LogP contribution is -2.19. The number of hydrogen-bond acceptors (Lipinski definition) is 5. The highest BCUT2D eigenvalue weighted by Crippen LogP contribution is 2.29. The van der Waals surface area contributed by atoms with Gasteiger partial charge in [0.25, 0.3) is 0 Å². The smallest absolute Gasteiger partial charge is 0.128 e. The Hall–Kier alpha value is -1.50. The molecule has 2 rings (SSSR count). The van der Waals surface area contributed by atoms with Gasteiger partial charge in [0.15, 0.2) is 0 Å². The Kier molecular flexibility index (Phi) is 5.91. The first-order valence-electron chi connectivity index (χ1n) is 6.22. The van der Waals surface area contributed by atoms with E-state index in [0.717, 1.165) is 9.92 Å². The summed E-state index contributed by atoms with van der Waals surface area (Å²) in [4.78, 5) is 9.05. The number of nitrogens with zero attached hydrogens (tertiary/aromatic N) is 2. The Morgan fingerprint density at radius 1 is 1.35 bits per heavy atom. The average Bonchev–Trinajstić information content (AvgIpc) is 2.47. The Morgan fingerprint density at radius 3 is 3.00 bits per heavy atom. The molecule has 0 saturated carbocycles. The van der Waals surface area contributed by atoms with Gasteiger partial charge in [-0.3, -0.25) is 4.98 Å². The van der Waals surface area contributed by atoms with Crippen molar-refractivity contribution in [3.63, 3.8) is 0 Å². The first-order chi connectivity index (χ1) is 9.81. The van der Waals surface area contributed by atoms with E-state index in [1.165, 1.54) is 17.8 Å². The molecular formula is C14H16FN3OS. The van der Waals surface area contributed by atoms with Gasteiger partial charge in [-0.1, -0.05) is 17.8 Å². The maximum atomic E-state index is 13.9. The van der Waals surface area contributed by atoms with E-state index in [1.54, 1.807) is 31.8 Å². The van der Waals surface area contributed by atoms with E-state index < -0.39 is 0 Å². The molecule has 106 valence electrons. The Bertz CT molecular complexity index is 539. The summed E-state index contributed by atoms with van der Waals surface area (Å²) in [7, 11) is 1.64. The van der Waals surface area contributed by atoms with Crippen molar-refractivity contribution < 1.29 is 9.13 Å². The summed E-state index contributed by atoms with van der Waals surface area (Å²) >= 11 is 1.41. The Balaban J connectivity index is 2.09. The minimum atomic E-state index is -0.219. The highest BCUT2D eigenvalue weighted by Gasteiger charge is 2.10. The SMILES string of the molecule is COCCNCc1c(F)cccc1Sc1cnccn1. The first kappa shape index (κ1) is 14.9. The number of benzene rings is 1. The molecule has 0 bridgehead atoms. The molecule has 6 heteroatoms. The van der Waals surface area contributed by atoms with Crippen molar-refractivity contribution in [2.75, 3.05) is 20.3 Å². The van der Waals surface area contributed by atoms with Gasteiger partial charge in [-0.2, -0.15) is 0 Å². The third-order valence-electron chi connectivity index (χ3n) is 2.61. The van der Waals surface area contributed by atoms with Crippen LogP contribution in [-0.4, -0.2) is 30.2 Å². The van der Waals surface area contributed by atoms with E-state index in [2.05, 4.69) is 15.3 Å². The molecule has 0 fully saturated rings. The van der Waals surface area contributed by atoms with Gasteiger partial charge < -0.3 is 10.1 Å². The molecule has 0 aliphatic rings. The zero-order valence-electron chi connectivity index (χ0n) is 11.2. The predicted octanol–water partition coefficient (Wildman–Crippen LogP) is 2.50. The van der Waals surface area contributed by atoms with Crippen molar-refractivity contribution in [1.29, 1.82) is 0 Å². The third kappa shape index (κ3) is 4.26. The first-order valence-corrected chi connectivity index (χ1v) is 7.04. The van der Waals surface area contributed by atoms with E-state index in [-0.39, 0.29) is 5.82 Å². The number of aromatic nitrogens is 2. The van der Waals surface area contributed by atoms with Crippen LogP contribution in [0.5, 0.6) is 0 Å². The van der Waals surface area contributed by atoms with Crippen molar-refractivity contribution in [3.05, 3.63) is 48.2 Å². The van der Waals surface area contributed by atoms with Gasteiger partial charge in [-0.25, -0.2) is 9.37 Å². The summed E-state index contributed by atoms with van der Waals surface area (Å²) in [5.41, 5.74) is 0.638. The monoisotopic (exact) mass is 293 g/mol. The molecule has 0 spiro atoms. The summed E-state index contributed by atoms with van der Waals surface area (Å²) in [5.74, 6) is -0.219. The molecule has 1 aromatic heterocycles. The maximum Gasteiger partial charge on any atom is 0.128 e. The molecule has 4 nitrogen and oxygen atoms in total. The normalized spacial score (nSPS) is 10.7. The van der Waals surface area contributed by atoms with Gasteiger partial charge in [-0.05, 0) is 12.1 Å². The number of halogens is 1. The second kappa shape index (κ2) is 7.94. The minimum absolute atomic E-state index is 0.219. The quantitative estimate of drug-likeness (QED) is 0.795. The van der Waals surface area contributed by atoms with Gasteiger partial charge in [-0.15, -0.1) is 0 Å². The molecule has 0 aliphatic heterocycles. The lowest BCUT2D eigenvalue weighted by atomic mass is 10.2. The molecule has 0 atom stereocenters. The van der Waals surface area contributed by atoms with Gasteiger partial charge >= 0.3 is 0 Å². The molecule has 1 aromatic carbocycles. The van der Waals surface area contributed by atoms with Gasteiger partial charge in [0.2, 0.25) is 0 Å². The summed E-state index contributed by atoms with van der Waals surface area (Å²) in [6.07, 6.45) is 4.90. The third-order valence-corrected chi connectivity index (χ3v) is 3.64. The predicted molar refractivity (Wildman–Crippen MR) is 76.1 cm³/mol. The number of methoxy groups -OCH3 is 1. The van der Waals surface area contributed by atoms with Crippen LogP contribution in [0.4, 0.5) is 4.39 Å². The molecule has 1 N–H and O–H groups in total. The van der Waals surface area contributed by atoms with Crippen molar-refractivity contribution in [2.24, 2.45) is 0 Å². The van der Waals surface area contributed by atoms with Crippen LogP contribution in [0.25, 0.3) is 0 Å². The number of ether oxygens (including phenoxy) is 1. The van der Waals surface area contributed by atoms with Crippen LogP contribution in [-0.2, 0) is 11.3 Å². The minimum Gasteiger partial charge on any atom is -0.383 e. The molecule has 1 heterocycles. The van der Waals surface area contributed by atoms with E-state index >= 15 is 0 Å². The second-order valence-corrected chi connectivity index (χ2v) is 5.09. The highest BCUT2D eigenvalue weighted by molar-refractivity contribution is 7.99. The standard InChI is InChI=1S/C14H16FN3OS/c1-19-8-7-17-9-11-12(15)3-2-4-13(11)20-14-10-16-5-6-18-14/h2-6,10,17H,7-9H2,1H3. The van der Waals surface area contributed by atoms with E-state index in [4.69, 9.17) is 4.74 Å². The van der Waals surface area contributed by atoms with Crippen molar-refractivity contribution in [1.82, 2.24) is 15.3 Å². The summed E-state index contributed by atoms with van der Waals surface area (Å²) in [6.45, 7) is 1.74. The van der Waals surface area contributed by atoms with Gasteiger partial charge in [0.05, 0.1) is 12.8 Å². The second-order valence-electron chi connectivity index (χ2n) is 4.03. The number of nitrogens with one attached hydrogen (secondary N) is 1. The topological polar surface area (TPSA) is 47.0 Å². The molecule has 0 radical (unpaired) electrons. The molecule has 0 unspecified atom stereocenters. The molecule has 0 saturated heterocycles. The van der Waals surface area contributed by atoms with Crippen molar-refractivity contribution in [3.8, 4) is 0 Å². The molecule has 0 aliphatic carbocycles. The van der Waals surface area contributed by atoms with Crippen LogP contribution in [0.15, 0.2) is 46.7 Å². The lowest BCUT2D eigenvalue weighted by Gasteiger charge is -2.10. The van der Waals surface area contributed by atoms with Crippen LogP contribution in [0.1, 0.15) is 5.56 Å². The summed E-state index contributed by atoms with van der Waals surface area (Å²) in [6, 6.07) is 5.05. The fourth-order valence-electron chi connectivity index (χ4n) is 1.64. The molecule has 0 amide bonds.